The number of nitrogens with zero attached hydrogens (tertiary/aromatic N) is 5. The van der Waals surface area contributed by atoms with E-state index in [0.29, 0.717) is 52.9 Å². The molecule has 0 spiro atoms. The fourth-order valence-corrected chi connectivity index (χ4v) is 12.2. The van der Waals surface area contributed by atoms with Crippen molar-refractivity contribution in [3.05, 3.63) is 0 Å². The molecule has 6 heterocycles. The lowest BCUT2D eigenvalue weighted by atomic mass is 10.0. The van der Waals surface area contributed by atoms with E-state index in [9.17, 15) is 56.4 Å². The summed E-state index contributed by atoms with van der Waals surface area (Å²) in [4.78, 5) is 119. The number of carbonyl (C=O) groups is 10. The van der Waals surface area contributed by atoms with Gasteiger partial charge < -0.3 is 83.0 Å². The first-order chi connectivity index (χ1) is 53.6. The smallest absolute Gasteiger partial charge is 0.417 e. The molecule has 120 heavy (non-hydrogen) atoms. The SMILES string of the molecule is CC(C)(C)[S@](=O)N=CCO[Si](C)(C)C(C)(C)C.C[C@@H](N)CO.C[C@@H]1COC(C)(C)C(=O)N1.C[C@@H]1COC(C)(C)C(=O)N1C(=O)OC(C)(C)C.C[C@@H]1COC(C)(C)C(=O)N1CC(=O)O.C[C@@H]1COCC(=O)N1.C[C@@H]1COCC(=O)N1C(=O)OC(C)(C)C.C[C@@H]1OC[C@@H](C)N(C(=O)OC(C)(C)C)C1=O.C[C@H](CO[Si](C)(C)C(C)(C)C)N[S@@](=O)C(C)(C)C. The van der Waals surface area contributed by atoms with Gasteiger partial charge in [-0.1, -0.05) is 41.5 Å². The van der Waals surface area contributed by atoms with Crippen LogP contribution >= 0.6 is 0 Å². The van der Waals surface area contributed by atoms with Crippen molar-refractivity contribution in [2.45, 2.75) is 383 Å². The van der Waals surface area contributed by atoms with E-state index in [4.69, 9.17) is 67.4 Å². The number of hydrogen-bond acceptors (Lipinski definition) is 25. The molecule has 6 fully saturated rings. The Bertz CT molecular complexity index is 3330. The fourth-order valence-electron chi connectivity index (χ4n) is 8.84. The van der Waals surface area contributed by atoms with Gasteiger partial charge >= 0.3 is 24.2 Å². The number of aliphatic hydroxyl groups is 1. The number of imide groups is 3. The second kappa shape index (κ2) is 50.1. The van der Waals surface area contributed by atoms with Gasteiger partial charge in [0, 0.05) is 37.0 Å². The summed E-state index contributed by atoms with van der Waals surface area (Å²) in [7, 11) is -5.63. The number of carboxylic acid groups (broad SMARTS) is 1. The number of carbonyl (C=O) groups excluding carboxylic acids is 9. The molecule has 0 aromatic rings. The highest BCUT2D eigenvalue weighted by Gasteiger charge is 2.47. The lowest BCUT2D eigenvalue weighted by molar-refractivity contribution is -0.175. The molecule has 6 saturated heterocycles. The number of morpholine rings is 6. The van der Waals surface area contributed by atoms with Gasteiger partial charge in [-0.25, -0.2) is 42.2 Å². The maximum absolute atomic E-state index is 12.1. The molecular weight excluding hydrogens is 1630 g/mol. The fraction of sp³-hybridized carbons (Fsp3) is 0.866. The normalized spacial score (nSPS) is 23.2. The van der Waals surface area contributed by atoms with Crippen molar-refractivity contribution in [3.63, 3.8) is 0 Å². The average Bonchev–Trinajstić information content (AvgIpc) is 0.794. The third-order valence-electron chi connectivity index (χ3n) is 18.1. The zero-order chi connectivity index (χ0) is 95.2. The molecule has 6 aliphatic heterocycles. The van der Waals surface area contributed by atoms with E-state index in [2.05, 4.69) is 87.5 Å². The number of carboxylic acids is 1. The maximum atomic E-state index is 12.1. The summed E-state index contributed by atoms with van der Waals surface area (Å²) < 4.78 is 88.9. The molecule has 704 valence electrons. The first-order valence-electron chi connectivity index (χ1n) is 40.9. The van der Waals surface area contributed by atoms with Crippen molar-refractivity contribution in [2.75, 3.05) is 79.2 Å². The molecule has 0 unspecified atom stereocenters. The number of aliphatic hydroxyl groups excluding tert-OH is 1. The second-order valence-corrected chi connectivity index (χ2v) is 53.5. The van der Waals surface area contributed by atoms with Crippen LogP contribution in [0.4, 0.5) is 14.4 Å². The van der Waals surface area contributed by atoms with E-state index in [0.717, 1.165) is 14.7 Å². The predicted molar refractivity (Wildman–Crippen MR) is 473 cm³/mol. The van der Waals surface area contributed by atoms with Gasteiger partial charge in [0.05, 0.1) is 97.5 Å². The van der Waals surface area contributed by atoms with Crippen LogP contribution < -0.4 is 21.1 Å². The number of aliphatic carboxylic acids is 1. The standard InChI is InChI=1S/C13H31NO2SSi.C12H21NO4.C12H27NO2SSi.C11H19NO4.C10H17NO4.C9H15NO4.C7H13NO2.C5H9NO2.C3H9NO/c1-11(14-17(15)12(2,3)4)10-16-18(8,9)13(5,6)7;1-8-7-16-12(5,6)9(14)13(8)10(15)17-11(2,3)4;1-11(2,3)16(14)13-9-10-15-17(7,8)12(4,5)6;1-7-6-15-8(2)9(13)12(7)10(14)16-11(3,4)5;1-7-5-14-6-8(12)11(7)9(13)15-10(2,3)4;1-6-5-14-9(2,3)8(13)10(6)4-7(11)12;1-5-4-10-7(2,3)6(9)8-5;1-4-2-8-3-5(7)6-4;1-3(4)2-5/h11,14H,10H2,1-9H3;8H,7H2,1-6H3;9H,10H2,1-8H3;7-8H,6H2,1-5H3;7H,5-6H2,1-4H3;6H,4-5H2,1-3H3,(H,11,12);5H,4H2,1-3H3,(H,8,9);4H,2-3H2,1H3,(H,6,7);3,5H,2,4H2,1H3/t11-,17+;8-;16-;7-,8+;7-;6-;5-;4-;3-/m110111111/s1. The summed E-state index contributed by atoms with van der Waals surface area (Å²) in [5.41, 5.74) is 0.741. The molecule has 38 heteroatoms. The minimum atomic E-state index is -1.71. The molecule has 34 nitrogen and oxygen atoms in total. The molecule has 0 aromatic heterocycles. The van der Waals surface area contributed by atoms with Crippen molar-refractivity contribution in [1.29, 1.82) is 0 Å². The molecule has 0 radical (unpaired) electrons. The number of rotatable bonds is 12. The van der Waals surface area contributed by atoms with E-state index in [1.165, 1.54) is 4.90 Å². The van der Waals surface area contributed by atoms with Gasteiger partial charge in [0.1, 0.15) is 70.5 Å². The maximum Gasteiger partial charge on any atom is 0.417 e. The highest BCUT2D eigenvalue weighted by Crippen LogP contribution is 2.38. The van der Waals surface area contributed by atoms with Crippen molar-refractivity contribution in [3.8, 4) is 0 Å². The van der Waals surface area contributed by atoms with Gasteiger partial charge in [-0.2, -0.15) is 4.40 Å². The minimum absolute atomic E-state index is 0.0104. The quantitative estimate of drug-likeness (QED) is 0.0600. The Morgan fingerprint density at radius 2 is 0.967 bits per heavy atom. The molecular formula is C82H161N9O25S2Si2. The Kier molecular flexibility index (Phi) is 49.6. The Balaban J connectivity index is -0.00000130. The highest BCUT2D eigenvalue weighted by atomic mass is 32.2. The Morgan fingerprint density at radius 1 is 0.567 bits per heavy atom. The molecule has 9 amide bonds. The molecule has 0 saturated carbocycles. The predicted octanol–water partition coefficient (Wildman–Crippen LogP) is 10.9. The van der Waals surface area contributed by atoms with Crippen LogP contribution in [0.15, 0.2) is 4.40 Å². The van der Waals surface area contributed by atoms with Gasteiger partial charge in [-0.05, 0) is 244 Å². The van der Waals surface area contributed by atoms with Gasteiger partial charge in [0.15, 0.2) is 16.6 Å². The van der Waals surface area contributed by atoms with Gasteiger partial charge in [-0.3, -0.25) is 33.6 Å². The summed E-state index contributed by atoms with van der Waals surface area (Å²) in [6.07, 6.45) is -0.736. The molecule has 11 atom stereocenters. The zero-order valence-electron chi connectivity index (χ0n) is 80.7. The lowest BCUT2D eigenvalue weighted by Crippen LogP contribution is -2.60. The second-order valence-electron chi connectivity index (χ2n) is 40.0. The molecule has 0 aromatic carbocycles. The summed E-state index contributed by atoms with van der Waals surface area (Å²) in [5.74, 6) is -2.34. The van der Waals surface area contributed by atoms with E-state index in [1.54, 1.807) is 152 Å². The summed E-state index contributed by atoms with van der Waals surface area (Å²) in [5, 5.41) is 22.6. The van der Waals surface area contributed by atoms with Crippen LogP contribution in [-0.2, 0) is 107 Å². The number of hydrogen-bond donors (Lipinski definition) is 6. The van der Waals surface area contributed by atoms with Crippen LogP contribution in [0.25, 0.3) is 0 Å². The lowest BCUT2D eigenvalue weighted by Gasteiger charge is -2.40. The van der Waals surface area contributed by atoms with Gasteiger partial charge in [0.25, 0.3) is 29.5 Å². The van der Waals surface area contributed by atoms with Crippen LogP contribution in [0.2, 0.25) is 36.3 Å². The van der Waals surface area contributed by atoms with E-state index in [1.807, 2.05) is 62.3 Å². The van der Waals surface area contributed by atoms with Crippen molar-refractivity contribution >= 4 is 105 Å². The van der Waals surface area contributed by atoms with E-state index in [-0.39, 0.29) is 130 Å². The van der Waals surface area contributed by atoms with E-state index >= 15 is 0 Å². The molecule has 0 aliphatic carbocycles. The highest BCUT2D eigenvalue weighted by molar-refractivity contribution is 7.85. The minimum Gasteiger partial charge on any atom is -0.480 e. The average molecular weight is 1790 g/mol. The van der Waals surface area contributed by atoms with Crippen molar-refractivity contribution in [1.82, 2.24) is 35.0 Å². The third-order valence-corrected chi connectivity index (χ3v) is 30.3. The van der Waals surface area contributed by atoms with Gasteiger partial charge in [-0.15, -0.1) is 0 Å². The zero-order valence-corrected chi connectivity index (χ0v) is 84.3. The molecule has 6 aliphatic rings. The van der Waals surface area contributed by atoms with Crippen LogP contribution in [0.5, 0.6) is 0 Å². The van der Waals surface area contributed by atoms with Crippen molar-refractivity contribution in [2.24, 2.45) is 10.1 Å². The number of ether oxygens (including phenoxy) is 9. The Hall–Kier alpha value is -5.34. The number of nitrogens with two attached hydrogens (primary N) is 1. The summed E-state index contributed by atoms with van der Waals surface area (Å²) in [6, 6.07) is -0.623. The molecule has 7 N–H and O–H groups in total. The van der Waals surface area contributed by atoms with Crippen molar-refractivity contribution < 1.29 is 118 Å². The monoisotopic (exact) mass is 1790 g/mol. The van der Waals surface area contributed by atoms with Crippen LogP contribution in [-0.4, -0.2) is 298 Å². The summed E-state index contributed by atoms with van der Waals surface area (Å²) in [6.45, 7) is 79.9. The van der Waals surface area contributed by atoms with Crippen LogP contribution in [0.3, 0.4) is 0 Å². The van der Waals surface area contributed by atoms with Crippen LogP contribution in [0, 0.1) is 0 Å². The first kappa shape index (κ1) is 119. The number of amides is 9. The van der Waals surface area contributed by atoms with E-state index < -0.39 is 103 Å². The molecule has 6 rings (SSSR count). The first-order valence-corrected chi connectivity index (χ1v) is 49.0. The molecule has 0 bridgehead atoms. The Morgan fingerprint density at radius 3 is 1.35 bits per heavy atom. The summed E-state index contributed by atoms with van der Waals surface area (Å²) >= 11 is 0. The third kappa shape index (κ3) is 47.1. The van der Waals surface area contributed by atoms with Crippen LogP contribution in [0.1, 0.15) is 249 Å². The largest absolute Gasteiger partial charge is 0.480 e. The number of nitrogens with one attached hydrogen (secondary N) is 3. The topological polar surface area (TPSA) is 434 Å². The van der Waals surface area contributed by atoms with Gasteiger partial charge in [0.2, 0.25) is 5.91 Å². The Labute approximate surface area is 726 Å².